The molecule has 1 atom stereocenters. The monoisotopic (exact) mass is 262 g/mol. The molecule has 16 heavy (non-hydrogen) atoms. The van der Waals surface area contributed by atoms with Gasteiger partial charge in [-0.2, -0.15) is 0 Å². The molecule has 0 radical (unpaired) electrons. The zero-order valence-corrected chi connectivity index (χ0v) is 11.1. The molecule has 0 aliphatic rings. The van der Waals surface area contributed by atoms with Crippen LogP contribution in [0.25, 0.3) is 0 Å². The third-order valence-corrected chi connectivity index (χ3v) is 3.68. The molecule has 1 unspecified atom stereocenters. The Morgan fingerprint density at radius 3 is 2.50 bits per heavy atom. The molecule has 1 rings (SSSR count). The molecule has 0 saturated heterocycles. The minimum absolute atomic E-state index is 0.100. The Hall–Kier alpha value is -0.740. The number of rotatable bonds is 4. The van der Waals surface area contributed by atoms with E-state index in [1.54, 1.807) is 13.0 Å². The third kappa shape index (κ3) is 3.39. The van der Waals surface area contributed by atoms with Gasteiger partial charge in [-0.05, 0) is 44.0 Å². The first-order valence-corrected chi connectivity index (χ1v) is 7.37. The van der Waals surface area contributed by atoms with Gasteiger partial charge in [0.15, 0.2) is 0 Å². The highest BCUT2D eigenvalue weighted by molar-refractivity contribution is 8.13. The topological polar surface area (TPSA) is 43.4 Å². The summed E-state index contributed by atoms with van der Waals surface area (Å²) in [5.41, 5.74) is 0.766. The molecule has 0 fully saturated rings. The lowest BCUT2D eigenvalue weighted by molar-refractivity contribution is 0.216. The van der Waals surface area contributed by atoms with E-state index in [2.05, 4.69) is 0 Å². The van der Waals surface area contributed by atoms with Gasteiger partial charge in [0, 0.05) is 10.7 Å². The molecule has 3 nitrogen and oxygen atoms in total. The van der Waals surface area contributed by atoms with Crippen molar-refractivity contribution in [3.8, 4) is 5.75 Å². The van der Waals surface area contributed by atoms with Crippen LogP contribution >= 0.6 is 10.7 Å². The molecular formula is C11H15ClO3S. The van der Waals surface area contributed by atoms with Crippen LogP contribution < -0.4 is 4.74 Å². The largest absolute Gasteiger partial charge is 0.490 e. The smallest absolute Gasteiger partial charge is 0.261 e. The van der Waals surface area contributed by atoms with Crippen LogP contribution in [0.2, 0.25) is 0 Å². The van der Waals surface area contributed by atoms with Gasteiger partial charge in [0.25, 0.3) is 9.05 Å². The molecule has 1 aromatic carbocycles. The van der Waals surface area contributed by atoms with Crippen LogP contribution in [-0.2, 0) is 9.05 Å². The summed E-state index contributed by atoms with van der Waals surface area (Å²) in [7, 11) is 1.59. The van der Waals surface area contributed by atoms with Crippen LogP contribution in [0, 0.1) is 6.92 Å². The second-order valence-corrected chi connectivity index (χ2v) is 6.27. The Balaban J connectivity index is 3.01. The second-order valence-electron chi connectivity index (χ2n) is 3.70. The van der Waals surface area contributed by atoms with Gasteiger partial charge in [0.05, 0.1) is 11.0 Å². The van der Waals surface area contributed by atoms with Crippen molar-refractivity contribution in [3.05, 3.63) is 23.8 Å². The Morgan fingerprint density at radius 2 is 2.06 bits per heavy atom. The maximum Gasteiger partial charge on any atom is 0.261 e. The summed E-state index contributed by atoms with van der Waals surface area (Å²) >= 11 is 0. The molecule has 0 bridgehead atoms. The van der Waals surface area contributed by atoms with Gasteiger partial charge in [-0.3, -0.25) is 0 Å². The van der Waals surface area contributed by atoms with Crippen molar-refractivity contribution in [1.82, 2.24) is 0 Å². The molecular weight excluding hydrogens is 248 g/mol. The summed E-state index contributed by atoms with van der Waals surface area (Å²) in [5, 5.41) is 0. The van der Waals surface area contributed by atoms with E-state index in [-0.39, 0.29) is 11.0 Å². The standard InChI is InChI=1S/C11H15ClO3S/c1-4-9(3)15-11-6-5-10(7-8(11)2)16(12,13)14/h5-7,9H,4H2,1-3H3. The molecule has 0 saturated carbocycles. The summed E-state index contributed by atoms with van der Waals surface area (Å²) in [6, 6.07) is 4.60. The normalized spacial score (nSPS) is 13.5. The van der Waals surface area contributed by atoms with Gasteiger partial charge in [-0.25, -0.2) is 8.42 Å². The minimum Gasteiger partial charge on any atom is -0.490 e. The fourth-order valence-electron chi connectivity index (χ4n) is 1.21. The zero-order valence-electron chi connectivity index (χ0n) is 9.53. The quantitative estimate of drug-likeness (QED) is 0.783. The van der Waals surface area contributed by atoms with Crippen molar-refractivity contribution >= 4 is 19.7 Å². The molecule has 1 aromatic rings. The fraction of sp³-hybridized carbons (Fsp3) is 0.455. The summed E-state index contributed by atoms with van der Waals surface area (Å²) in [5.74, 6) is 0.693. The first-order valence-electron chi connectivity index (χ1n) is 5.06. The summed E-state index contributed by atoms with van der Waals surface area (Å²) < 4.78 is 27.8. The highest BCUT2D eigenvalue weighted by atomic mass is 35.7. The number of ether oxygens (including phenoxy) is 1. The predicted octanol–water partition coefficient (Wildman–Crippen LogP) is 3.10. The van der Waals surface area contributed by atoms with Crippen LogP contribution in [-0.4, -0.2) is 14.5 Å². The summed E-state index contributed by atoms with van der Waals surface area (Å²) in [6.45, 7) is 5.78. The van der Waals surface area contributed by atoms with Crippen molar-refractivity contribution in [1.29, 1.82) is 0 Å². The van der Waals surface area contributed by atoms with Gasteiger partial charge in [-0.1, -0.05) is 6.92 Å². The molecule has 5 heteroatoms. The second kappa shape index (κ2) is 5.06. The number of halogens is 1. The molecule has 90 valence electrons. The highest BCUT2D eigenvalue weighted by Crippen LogP contribution is 2.24. The van der Waals surface area contributed by atoms with Gasteiger partial charge < -0.3 is 4.74 Å². The van der Waals surface area contributed by atoms with Crippen LogP contribution in [0.3, 0.4) is 0 Å². The Bertz CT molecular complexity index is 468. The van der Waals surface area contributed by atoms with Gasteiger partial charge in [0.2, 0.25) is 0 Å². The Labute approximate surface area is 101 Å². The van der Waals surface area contributed by atoms with Crippen LogP contribution in [0.15, 0.2) is 23.1 Å². The summed E-state index contributed by atoms with van der Waals surface area (Å²) in [4.78, 5) is 0.100. The molecule has 0 aliphatic heterocycles. The lowest BCUT2D eigenvalue weighted by Crippen LogP contribution is -2.10. The number of aryl methyl sites for hydroxylation is 1. The number of benzene rings is 1. The fourth-order valence-corrected chi connectivity index (χ4v) is 2.04. The van der Waals surface area contributed by atoms with Crippen LogP contribution in [0.5, 0.6) is 5.75 Å². The van der Waals surface area contributed by atoms with Gasteiger partial charge in [-0.15, -0.1) is 0 Å². The zero-order chi connectivity index (χ0) is 12.3. The van der Waals surface area contributed by atoms with Crippen LogP contribution in [0.4, 0.5) is 0 Å². The van der Waals surface area contributed by atoms with Crippen molar-refractivity contribution < 1.29 is 13.2 Å². The van der Waals surface area contributed by atoms with Crippen LogP contribution in [0.1, 0.15) is 25.8 Å². The van der Waals surface area contributed by atoms with E-state index >= 15 is 0 Å². The van der Waals surface area contributed by atoms with E-state index in [0.29, 0.717) is 5.75 Å². The first kappa shape index (κ1) is 13.3. The number of hydrogen-bond acceptors (Lipinski definition) is 3. The SMILES string of the molecule is CCC(C)Oc1ccc(S(=O)(=O)Cl)cc1C. The average Bonchev–Trinajstić information content (AvgIpc) is 2.19. The van der Waals surface area contributed by atoms with Crippen molar-refractivity contribution in [3.63, 3.8) is 0 Å². The van der Waals surface area contributed by atoms with E-state index < -0.39 is 9.05 Å². The molecule has 0 amide bonds. The van der Waals surface area contributed by atoms with Gasteiger partial charge in [0.1, 0.15) is 5.75 Å². The van der Waals surface area contributed by atoms with Gasteiger partial charge >= 0.3 is 0 Å². The van der Waals surface area contributed by atoms with E-state index in [0.717, 1.165) is 12.0 Å². The maximum atomic E-state index is 11.1. The lowest BCUT2D eigenvalue weighted by atomic mass is 10.2. The van der Waals surface area contributed by atoms with E-state index in [4.69, 9.17) is 15.4 Å². The molecule has 0 heterocycles. The van der Waals surface area contributed by atoms with E-state index in [1.165, 1.54) is 12.1 Å². The molecule has 0 spiro atoms. The Kier molecular flexibility index (Phi) is 4.21. The highest BCUT2D eigenvalue weighted by Gasteiger charge is 2.12. The maximum absolute atomic E-state index is 11.1. The van der Waals surface area contributed by atoms with Crippen molar-refractivity contribution in [2.24, 2.45) is 0 Å². The Morgan fingerprint density at radius 1 is 1.44 bits per heavy atom. The molecule has 0 N–H and O–H groups in total. The molecule has 0 aromatic heterocycles. The third-order valence-electron chi connectivity index (χ3n) is 2.33. The lowest BCUT2D eigenvalue weighted by Gasteiger charge is -2.14. The van der Waals surface area contributed by atoms with Crippen molar-refractivity contribution in [2.75, 3.05) is 0 Å². The molecule has 0 aliphatic carbocycles. The summed E-state index contributed by atoms with van der Waals surface area (Å²) in [6.07, 6.45) is 1.01. The predicted molar refractivity (Wildman–Crippen MR) is 64.6 cm³/mol. The minimum atomic E-state index is -3.66. The first-order chi connectivity index (χ1) is 7.34. The van der Waals surface area contributed by atoms with E-state index in [9.17, 15) is 8.42 Å². The number of hydrogen-bond donors (Lipinski definition) is 0. The van der Waals surface area contributed by atoms with Crippen molar-refractivity contribution in [2.45, 2.75) is 38.2 Å². The average molecular weight is 263 g/mol. The van der Waals surface area contributed by atoms with E-state index in [1.807, 2.05) is 13.8 Å².